The number of sulfone groups is 1. The Hall–Kier alpha value is -0.170. The molecule has 0 aliphatic carbocycles. The van der Waals surface area contributed by atoms with Crippen LogP contribution in [0.5, 0.6) is 0 Å². The average Bonchev–Trinajstić information content (AvgIpc) is 2.12. The van der Waals surface area contributed by atoms with Gasteiger partial charge in [-0.15, -0.1) is 0 Å². The molecule has 1 N–H and O–H groups in total. The molecule has 0 radical (unpaired) electrons. The molecule has 16 heavy (non-hydrogen) atoms. The SMILES string of the molecule is CC(CS(C)(=O)=O)NCC1CN(C)CCO1. The van der Waals surface area contributed by atoms with E-state index >= 15 is 0 Å². The van der Waals surface area contributed by atoms with Crippen LogP contribution in [0.3, 0.4) is 0 Å². The highest BCUT2D eigenvalue weighted by atomic mass is 32.2. The van der Waals surface area contributed by atoms with Crippen molar-refractivity contribution in [3.05, 3.63) is 0 Å². The number of rotatable bonds is 5. The monoisotopic (exact) mass is 250 g/mol. The van der Waals surface area contributed by atoms with Gasteiger partial charge in [-0.25, -0.2) is 8.42 Å². The summed E-state index contributed by atoms with van der Waals surface area (Å²) < 4.78 is 27.7. The van der Waals surface area contributed by atoms with Crippen molar-refractivity contribution in [3.8, 4) is 0 Å². The van der Waals surface area contributed by atoms with E-state index in [-0.39, 0.29) is 17.9 Å². The minimum absolute atomic E-state index is 0.0224. The fourth-order valence-electron chi connectivity index (χ4n) is 1.84. The quantitative estimate of drug-likeness (QED) is 0.702. The van der Waals surface area contributed by atoms with Crippen LogP contribution in [0.15, 0.2) is 0 Å². The summed E-state index contributed by atoms with van der Waals surface area (Å²) in [5.74, 6) is 0.176. The van der Waals surface area contributed by atoms with Crippen molar-refractivity contribution < 1.29 is 13.2 Å². The van der Waals surface area contributed by atoms with Crippen LogP contribution >= 0.6 is 0 Å². The lowest BCUT2D eigenvalue weighted by molar-refractivity contribution is -0.0188. The van der Waals surface area contributed by atoms with Crippen LogP contribution in [0.2, 0.25) is 0 Å². The highest BCUT2D eigenvalue weighted by Gasteiger charge is 2.18. The number of morpholine rings is 1. The Labute approximate surface area is 98.1 Å². The van der Waals surface area contributed by atoms with Gasteiger partial charge in [0.2, 0.25) is 0 Å². The minimum Gasteiger partial charge on any atom is -0.374 e. The summed E-state index contributed by atoms with van der Waals surface area (Å²) in [5.41, 5.74) is 0. The van der Waals surface area contributed by atoms with Crippen molar-refractivity contribution in [3.63, 3.8) is 0 Å². The van der Waals surface area contributed by atoms with Gasteiger partial charge in [0, 0.05) is 31.9 Å². The van der Waals surface area contributed by atoms with Gasteiger partial charge >= 0.3 is 0 Å². The molecule has 0 spiro atoms. The molecule has 0 amide bonds. The first kappa shape index (κ1) is 13.9. The Kier molecular flexibility index (Phi) is 5.17. The molecule has 1 aliphatic rings. The Bertz CT molecular complexity index is 305. The van der Waals surface area contributed by atoms with Crippen molar-refractivity contribution in [1.29, 1.82) is 0 Å². The Balaban J connectivity index is 2.23. The zero-order valence-electron chi connectivity index (χ0n) is 10.3. The summed E-state index contributed by atoms with van der Waals surface area (Å²) in [6.07, 6.45) is 1.43. The van der Waals surface area contributed by atoms with Gasteiger partial charge in [0.25, 0.3) is 0 Å². The zero-order chi connectivity index (χ0) is 12.2. The van der Waals surface area contributed by atoms with Gasteiger partial charge in [-0.05, 0) is 14.0 Å². The van der Waals surface area contributed by atoms with Crippen molar-refractivity contribution >= 4 is 9.84 Å². The molecule has 1 fully saturated rings. The Morgan fingerprint density at radius 2 is 2.25 bits per heavy atom. The molecule has 0 saturated carbocycles. The molecule has 6 heteroatoms. The molecule has 0 aromatic rings. The van der Waals surface area contributed by atoms with Crippen LogP contribution in [0.25, 0.3) is 0 Å². The third kappa shape index (κ3) is 5.79. The maximum atomic E-state index is 11.1. The number of ether oxygens (including phenoxy) is 1. The van der Waals surface area contributed by atoms with E-state index in [4.69, 9.17) is 4.74 Å². The second kappa shape index (κ2) is 5.95. The molecule has 1 aliphatic heterocycles. The van der Waals surface area contributed by atoms with Crippen molar-refractivity contribution in [2.75, 3.05) is 45.3 Å². The van der Waals surface area contributed by atoms with E-state index in [2.05, 4.69) is 17.3 Å². The molecule has 2 unspecified atom stereocenters. The summed E-state index contributed by atoms with van der Waals surface area (Å²) >= 11 is 0. The van der Waals surface area contributed by atoms with E-state index in [1.165, 1.54) is 6.26 Å². The van der Waals surface area contributed by atoms with Crippen molar-refractivity contribution in [2.45, 2.75) is 19.1 Å². The molecule has 5 nitrogen and oxygen atoms in total. The van der Waals surface area contributed by atoms with Crippen LogP contribution in [0.4, 0.5) is 0 Å². The molecular weight excluding hydrogens is 228 g/mol. The smallest absolute Gasteiger partial charge is 0.148 e. The van der Waals surface area contributed by atoms with E-state index < -0.39 is 9.84 Å². The lowest BCUT2D eigenvalue weighted by Crippen LogP contribution is -2.47. The van der Waals surface area contributed by atoms with Gasteiger partial charge in [-0.1, -0.05) is 0 Å². The first-order valence-corrected chi connectivity index (χ1v) is 7.64. The largest absolute Gasteiger partial charge is 0.374 e. The van der Waals surface area contributed by atoms with Gasteiger partial charge in [0.05, 0.1) is 18.5 Å². The molecule has 0 aromatic carbocycles. The maximum absolute atomic E-state index is 11.1. The summed E-state index contributed by atoms with van der Waals surface area (Å²) in [7, 11) is -0.836. The molecular formula is C10H22N2O3S. The van der Waals surface area contributed by atoms with Gasteiger partial charge < -0.3 is 15.0 Å². The molecule has 1 rings (SSSR count). The standard InChI is InChI=1S/C10H22N2O3S/c1-9(8-16(3,13)14)11-6-10-7-12(2)4-5-15-10/h9-11H,4-8H2,1-3H3. The average molecular weight is 250 g/mol. The van der Waals surface area contributed by atoms with Gasteiger partial charge in [0.15, 0.2) is 0 Å². The first-order chi connectivity index (χ1) is 7.37. The molecule has 1 heterocycles. The second-order valence-corrected chi connectivity index (χ2v) is 6.84. The van der Waals surface area contributed by atoms with Crippen LogP contribution in [-0.2, 0) is 14.6 Å². The van der Waals surface area contributed by atoms with Crippen LogP contribution in [-0.4, -0.2) is 70.8 Å². The number of hydrogen-bond donors (Lipinski definition) is 1. The molecule has 1 saturated heterocycles. The zero-order valence-corrected chi connectivity index (χ0v) is 11.1. The predicted octanol–water partition coefficient (Wildman–Crippen LogP) is -0.660. The van der Waals surface area contributed by atoms with E-state index in [0.29, 0.717) is 6.54 Å². The molecule has 2 atom stereocenters. The lowest BCUT2D eigenvalue weighted by atomic mass is 10.2. The number of nitrogens with zero attached hydrogens (tertiary/aromatic N) is 1. The number of nitrogens with one attached hydrogen (secondary N) is 1. The molecule has 0 aromatic heterocycles. The molecule has 96 valence electrons. The normalized spacial score (nSPS) is 25.6. The summed E-state index contributed by atoms with van der Waals surface area (Å²) in [6.45, 7) is 5.21. The highest BCUT2D eigenvalue weighted by Crippen LogP contribution is 2.02. The van der Waals surface area contributed by atoms with Crippen LogP contribution in [0.1, 0.15) is 6.92 Å². The first-order valence-electron chi connectivity index (χ1n) is 5.58. The Morgan fingerprint density at radius 3 is 2.81 bits per heavy atom. The lowest BCUT2D eigenvalue weighted by Gasteiger charge is -2.30. The number of hydrogen-bond acceptors (Lipinski definition) is 5. The van der Waals surface area contributed by atoms with Crippen molar-refractivity contribution in [1.82, 2.24) is 10.2 Å². The van der Waals surface area contributed by atoms with E-state index in [1.807, 2.05) is 6.92 Å². The van der Waals surface area contributed by atoms with E-state index in [1.54, 1.807) is 0 Å². The third-order valence-corrected chi connectivity index (χ3v) is 3.69. The Morgan fingerprint density at radius 1 is 1.56 bits per heavy atom. The summed E-state index contributed by atoms with van der Waals surface area (Å²) in [5, 5.41) is 3.20. The maximum Gasteiger partial charge on any atom is 0.148 e. The fraction of sp³-hybridized carbons (Fsp3) is 1.00. The number of likely N-dealkylation sites (N-methyl/N-ethyl adjacent to an activating group) is 1. The summed E-state index contributed by atoms with van der Waals surface area (Å²) in [4.78, 5) is 2.22. The van der Waals surface area contributed by atoms with Gasteiger partial charge in [0.1, 0.15) is 9.84 Å². The second-order valence-electron chi connectivity index (χ2n) is 4.66. The fourth-order valence-corrected chi connectivity index (χ4v) is 2.86. The van der Waals surface area contributed by atoms with E-state index in [0.717, 1.165) is 19.7 Å². The van der Waals surface area contributed by atoms with E-state index in [9.17, 15) is 8.42 Å². The summed E-state index contributed by atoms with van der Waals surface area (Å²) in [6, 6.07) is -0.0224. The predicted molar refractivity (Wildman–Crippen MR) is 64.4 cm³/mol. The van der Waals surface area contributed by atoms with Gasteiger partial charge in [-0.2, -0.15) is 0 Å². The topological polar surface area (TPSA) is 58.6 Å². The van der Waals surface area contributed by atoms with Crippen LogP contribution < -0.4 is 5.32 Å². The van der Waals surface area contributed by atoms with Crippen molar-refractivity contribution in [2.24, 2.45) is 0 Å². The third-order valence-electron chi connectivity index (χ3n) is 2.59. The minimum atomic E-state index is -2.90. The highest BCUT2D eigenvalue weighted by molar-refractivity contribution is 7.90. The molecule has 0 bridgehead atoms. The van der Waals surface area contributed by atoms with Gasteiger partial charge in [-0.3, -0.25) is 0 Å². The van der Waals surface area contributed by atoms with Crippen LogP contribution in [0, 0.1) is 0 Å².